The molecule has 2 aliphatic rings. The van der Waals surface area contributed by atoms with E-state index in [0.717, 1.165) is 38.9 Å². The van der Waals surface area contributed by atoms with E-state index < -0.39 is 0 Å². The zero-order valence-corrected chi connectivity index (χ0v) is 10.6. The van der Waals surface area contributed by atoms with Crippen LogP contribution in [0.15, 0.2) is 0 Å². The van der Waals surface area contributed by atoms with E-state index in [4.69, 9.17) is 5.26 Å². The van der Waals surface area contributed by atoms with Gasteiger partial charge in [0.2, 0.25) is 0 Å². The highest BCUT2D eigenvalue weighted by molar-refractivity contribution is 5.74. The van der Waals surface area contributed by atoms with Crippen molar-refractivity contribution in [1.82, 2.24) is 9.80 Å². The lowest BCUT2D eigenvalue weighted by atomic mass is 9.99. The van der Waals surface area contributed by atoms with E-state index in [1.54, 1.807) is 0 Å². The van der Waals surface area contributed by atoms with Crippen LogP contribution >= 0.6 is 0 Å². The molecule has 2 saturated heterocycles. The molecule has 2 rings (SSSR count). The number of hydrogen-bond acceptors (Lipinski definition) is 2. The molecule has 0 saturated carbocycles. The summed E-state index contributed by atoms with van der Waals surface area (Å²) in [6.45, 7) is 5.42. The van der Waals surface area contributed by atoms with Gasteiger partial charge in [-0.2, -0.15) is 5.26 Å². The van der Waals surface area contributed by atoms with E-state index in [1.165, 1.54) is 6.42 Å². The lowest BCUT2D eigenvalue weighted by molar-refractivity contribution is 0.118. The molecule has 94 valence electrons. The molecule has 0 spiro atoms. The van der Waals surface area contributed by atoms with Crippen molar-refractivity contribution >= 4 is 6.03 Å². The highest BCUT2D eigenvalue weighted by Gasteiger charge is 2.29. The summed E-state index contributed by atoms with van der Waals surface area (Å²) in [7, 11) is 0. The lowest BCUT2D eigenvalue weighted by Gasteiger charge is -2.37. The van der Waals surface area contributed by atoms with Gasteiger partial charge in [-0.25, -0.2) is 4.79 Å². The molecule has 2 heterocycles. The van der Waals surface area contributed by atoms with Crippen molar-refractivity contribution in [3.05, 3.63) is 0 Å². The molecule has 2 amide bonds. The fourth-order valence-corrected chi connectivity index (χ4v) is 2.82. The van der Waals surface area contributed by atoms with Gasteiger partial charge in [-0.1, -0.05) is 6.92 Å². The maximum absolute atomic E-state index is 12.3. The third kappa shape index (κ3) is 2.91. The first kappa shape index (κ1) is 12.2. The summed E-state index contributed by atoms with van der Waals surface area (Å²) in [5.74, 6) is 0.652. The molecule has 4 heteroatoms. The summed E-state index contributed by atoms with van der Waals surface area (Å²) < 4.78 is 0. The topological polar surface area (TPSA) is 47.3 Å². The third-order valence-electron chi connectivity index (χ3n) is 3.80. The Bertz CT molecular complexity index is 323. The van der Waals surface area contributed by atoms with Crippen LogP contribution in [0.4, 0.5) is 4.79 Å². The number of urea groups is 1. The zero-order chi connectivity index (χ0) is 12.3. The quantitative estimate of drug-likeness (QED) is 0.645. The van der Waals surface area contributed by atoms with Gasteiger partial charge in [-0.3, -0.25) is 0 Å². The molecule has 2 aliphatic heterocycles. The van der Waals surface area contributed by atoms with E-state index in [9.17, 15) is 4.79 Å². The van der Waals surface area contributed by atoms with E-state index in [1.807, 2.05) is 9.80 Å². The van der Waals surface area contributed by atoms with Crippen molar-refractivity contribution in [1.29, 1.82) is 5.26 Å². The van der Waals surface area contributed by atoms with Crippen molar-refractivity contribution in [3.63, 3.8) is 0 Å². The number of nitrogens with zero attached hydrogens (tertiary/aromatic N) is 3. The predicted molar refractivity (Wildman–Crippen MR) is 65.3 cm³/mol. The van der Waals surface area contributed by atoms with Crippen LogP contribution in [0.25, 0.3) is 0 Å². The third-order valence-corrected chi connectivity index (χ3v) is 3.80. The predicted octanol–water partition coefficient (Wildman–Crippen LogP) is 2.07. The Morgan fingerprint density at radius 1 is 1.18 bits per heavy atom. The van der Waals surface area contributed by atoms with E-state index in [2.05, 4.69) is 13.0 Å². The normalized spacial score (nSPS) is 29.9. The minimum Gasteiger partial charge on any atom is -0.324 e. The molecule has 4 nitrogen and oxygen atoms in total. The zero-order valence-electron chi connectivity index (χ0n) is 10.6. The molecule has 0 aromatic heterocycles. The highest BCUT2D eigenvalue weighted by Crippen LogP contribution is 2.20. The van der Waals surface area contributed by atoms with Crippen molar-refractivity contribution in [2.24, 2.45) is 11.8 Å². The van der Waals surface area contributed by atoms with Gasteiger partial charge in [-0.05, 0) is 31.6 Å². The molecular weight excluding hydrogens is 214 g/mol. The number of piperidine rings is 2. The SMILES string of the molecule is CC1CCCN(C(=O)N2CCCC(C#N)C2)C1. The maximum atomic E-state index is 12.3. The monoisotopic (exact) mass is 235 g/mol. The number of amides is 2. The Hall–Kier alpha value is -1.24. The fraction of sp³-hybridized carbons (Fsp3) is 0.846. The van der Waals surface area contributed by atoms with Crippen LogP contribution in [0, 0.1) is 23.2 Å². The van der Waals surface area contributed by atoms with E-state index in [0.29, 0.717) is 12.5 Å². The second kappa shape index (κ2) is 5.39. The van der Waals surface area contributed by atoms with Crippen molar-refractivity contribution in [2.45, 2.75) is 32.6 Å². The summed E-state index contributed by atoms with van der Waals surface area (Å²) in [5, 5.41) is 8.94. The second-order valence-electron chi connectivity index (χ2n) is 5.39. The number of carbonyl (C=O) groups is 1. The first-order chi connectivity index (χ1) is 8.20. The summed E-state index contributed by atoms with van der Waals surface area (Å²) >= 11 is 0. The summed E-state index contributed by atoms with van der Waals surface area (Å²) in [6, 6.07) is 2.44. The van der Waals surface area contributed by atoms with Gasteiger partial charge >= 0.3 is 6.03 Å². The smallest absolute Gasteiger partial charge is 0.320 e. The molecule has 2 atom stereocenters. The van der Waals surface area contributed by atoms with Gasteiger partial charge in [-0.15, -0.1) is 0 Å². The average molecular weight is 235 g/mol. The molecule has 0 radical (unpaired) electrons. The first-order valence-corrected chi connectivity index (χ1v) is 6.64. The standard InChI is InChI=1S/C13H21N3O/c1-11-4-2-6-15(9-11)13(17)16-7-3-5-12(8-14)10-16/h11-12H,2-7,9-10H2,1H3. The Morgan fingerprint density at radius 2 is 1.82 bits per heavy atom. The molecule has 2 unspecified atom stereocenters. The van der Waals surface area contributed by atoms with Crippen LogP contribution in [-0.2, 0) is 0 Å². The van der Waals surface area contributed by atoms with Crippen LogP contribution in [0.2, 0.25) is 0 Å². The fourth-order valence-electron chi connectivity index (χ4n) is 2.82. The first-order valence-electron chi connectivity index (χ1n) is 6.64. The van der Waals surface area contributed by atoms with Crippen LogP contribution < -0.4 is 0 Å². The Kier molecular flexibility index (Phi) is 3.88. The minimum absolute atomic E-state index is 0.0370. The van der Waals surface area contributed by atoms with Gasteiger partial charge in [0, 0.05) is 26.2 Å². The van der Waals surface area contributed by atoms with Crippen molar-refractivity contribution in [2.75, 3.05) is 26.2 Å². The molecule has 2 fully saturated rings. The summed E-state index contributed by atoms with van der Waals surface area (Å²) in [6.07, 6.45) is 4.25. The van der Waals surface area contributed by atoms with Crippen LogP contribution in [0.1, 0.15) is 32.6 Å². The van der Waals surface area contributed by atoms with Crippen LogP contribution in [0.3, 0.4) is 0 Å². The van der Waals surface area contributed by atoms with Gasteiger partial charge in [0.25, 0.3) is 0 Å². The lowest BCUT2D eigenvalue weighted by Crippen LogP contribution is -2.50. The summed E-state index contributed by atoms with van der Waals surface area (Å²) in [4.78, 5) is 16.1. The number of hydrogen-bond donors (Lipinski definition) is 0. The molecule has 0 N–H and O–H groups in total. The minimum atomic E-state index is 0.0370. The maximum Gasteiger partial charge on any atom is 0.320 e. The Morgan fingerprint density at radius 3 is 2.47 bits per heavy atom. The van der Waals surface area contributed by atoms with Crippen molar-refractivity contribution < 1.29 is 4.79 Å². The highest BCUT2D eigenvalue weighted by atomic mass is 16.2. The van der Waals surface area contributed by atoms with Gasteiger partial charge in [0.05, 0.1) is 12.0 Å². The number of nitriles is 1. The number of carbonyl (C=O) groups excluding carboxylic acids is 1. The largest absolute Gasteiger partial charge is 0.324 e. The second-order valence-corrected chi connectivity index (χ2v) is 5.39. The van der Waals surface area contributed by atoms with E-state index >= 15 is 0 Å². The molecular formula is C13H21N3O. The molecule has 0 aliphatic carbocycles. The Labute approximate surface area is 103 Å². The molecule has 0 aromatic rings. The number of rotatable bonds is 0. The Balaban J connectivity index is 1.92. The van der Waals surface area contributed by atoms with Gasteiger partial charge in [0.1, 0.15) is 0 Å². The summed E-state index contributed by atoms with van der Waals surface area (Å²) in [5.41, 5.74) is 0. The van der Waals surface area contributed by atoms with Crippen molar-refractivity contribution in [3.8, 4) is 6.07 Å². The molecule has 17 heavy (non-hydrogen) atoms. The average Bonchev–Trinajstić information content (AvgIpc) is 2.38. The number of likely N-dealkylation sites (tertiary alicyclic amines) is 2. The van der Waals surface area contributed by atoms with Crippen LogP contribution in [-0.4, -0.2) is 42.0 Å². The van der Waals surface area contributed by atoms with Crippen LogP contribution in [0.5, 0.6) is 0 Å². The van der Waals surface area contributed by atoms with Gasteiger partial charge < -0.3 is 9.80 Å². The molecule has 0 bridgehead atoms. The molecule has 0 aromatic carbocycles. The van der Waals surface area contributed by atoms with Gasteiger partial charge in [0.15, 0.2) is 0 Å². The van der Waals surface area contributed by atoms with E-state index in [-0.39, 0.29) is 11.9 Å².